The topological polar surface area (TPSA) is 75.2 Å². The fourth-order valence-corrected chi connectivity index (χ4v) is 2.73. The third-order valence-electron chi connectivity index (χ3n) is 3.28. The average Bonchev–Trinajstić information content (AvgIpc) is 2.25. The van der Waals surface area contributed by atoms with E-state index in [1.165, 1.54) is 0 Å². The Morgan fingerprint density at radius 2 is 2.26 bits per heavy atom. The molecule has 2 heterocycles. The van der Waals surface area contributed by atoms with E-state index in [9.17, 15) is 0 Å². The Morgan fingerprint density at radius 1 is 1.58 bits per heavy atom. The summed E-state index contributed by atoms with van der Waals surface area (Å²) in [5.74, 6) is 0.855. The molecule has 0 radical (unpaired) electrons. The van der Waals surface area contributed by atoms with Gasteiger partial charge in [0.1, 0.15) is 11.7 Å². The third kappa shape index (κ3) is 2.87. The number of hydrogen-bond donors (Lipinski definition) is 2. The van der Waals surface area contributed by atoms with Crippen LogP contribution in [0.3, 0.4) is 0 Å². The molecule has 0 saturated carbocycles. The number of hydrogen-bond acceptors (Lipinski definition) is 4. The summed E-state index contributed by atoms with van der Waals surface area (Å²) < 4.78 is 5.90. The van der Waals surface area contributed by atoms with Crippen LogP contribution in [-0.2, 0) is 4.74 Å². The molecule has 1 atom stereocenters. The lowest BCUT2D eigenvalue weighted by atomic mass is 10.0. The van der Waals surface area contributed by atoms with E-state index in [0.717, 1.165) is 30.0 Å². The van der Waals surface area contributed by atoms with Gasteiger partial charge in [-0.2, -0.15) is 0 Å². The van der Waals surface area contributed by atoms with Crippen LogP contribution in [0.15, 0.2) is 12.3 Å². The van der Waals surface area contributed by atoms with Crippen molar-refractivity contribution >= 4 is 11.7 Å². The van der Waals surface area contributed by atoms with Gasteiger partial charge < -0.3 is 15.4 Å². The van der Waals surface area contributed by atoms with E-state index >= 15 is 0 Å². The van der Waals surface area contributed by atoms with Crippen LogP contribution in [0.1, 0.15) is 31.9 Å². The van der Waals surface area contributed by atoms with Gasteiger partial charge in [-0.25, -0.2) is 4.98 Å². The second-order valence-electron chi connectivity index (χ2n) is 5.81. The number of rotatable bonds is 2. The van der Waals surface area contributed by atoms with Gasteiger partial charge >= 0.3 is 0 Å². The lowest BCUT2D eigenvalue weighted by molar-refractivity contribution is -0.0751. The number of nitrogen functional groups attached to an aromatic ring is 1. The Labute approximate surface area is 114 Å². The monoisotopic (exact) mass is 262 g/mol. The smallest absolute Gasteiger partial charge is 0.139 e. The molecule has 0 aliphatic carbocycles. The van der Waals surface area contributed by atoms with Crippen molar-refractivity contribution in [1.82, 2.24) is 4.98 Å². The van der Waals surface area contributed by atoms with Gasteiger partial charge in [-0.05, 0) is 39.3 Å². The molecule has 104 valence electrons. The van der Waals surface area contributed by atoms with Crippen LogP contribution in [0, 0.1) is 12.3 Å². The first-order valence-electron chi connectivity index (χ1n) is 6.53. The van der Waals surface area contributed by atoms with Crippen molar-refractivity contribution in [3.63, 3.8) is 0 Å². The van der Waals surface area contributed by atoms with E-state index in [1.807, 2.05) is 13.0 Å². The van der Waals surface area contributed by atoms with Crippen LogP contribution in [0.4, 0.5) is 5.82 Å². The van der Waals surface area contributed by atoms with E-state index in [4.69, 9.17) is 15.9 Å². The number of anilines is 1. The SMILES string of the molecule is Cc1ccnc(N2CC(C)OC(C)(C)C2)c1C(=N)N. The summed E-state index contributed by atoms with van der Waals surface area (Å²) in [5, 5.41) is 7.76. The van der Waals surface area contributed by atoms with Crippen molar-refractivity contribution in [1.29, 1.82) is 5.41 Å². The van der Waals surface area contributed by atoms with Gasteiger partial charge in [0.15, 0.2) is 0 Å². The fourth-order valence-electron chi connectivity index (χ4n) is 2.73. The predicted molar refractivity (Wildman–Crippen MR) is 76.8 cm³/mol. The fraction of sp³-hybridized carbons (Fsp3) is 0.571. The number of amidine groups is 1. The first kappa shape index (κ1) is 13.8. The number of nitrogens with zero attached hydrogens (tertiary/aromatic N) is 2. The zero-order valence-electron chi connectivity index (χ0n) is 12.0. The quantitative estimate of drug-likeness (QED) is 0.628. The molecule has 3 N–H and O–H groups in total. The Balaban J connectivity index is 2.41. The summed E-state index contributed by atoms with van der Waals surface area (Å²) in [5.41, 5.74) is 7.19. The highest BCUT2D eigenvalue weighted by atomic mass is 16.5. The van der Waals surface area contributed by atoms with E-state index < -0.39 is 0 Å². The second-order valence-corrected chi connectivity index (χ2v) is 5.81. The molecule has 1 saturated heterocycles. The zero-order chi connectivity index (χ0) is 14.2. The van der Waals surface area contributed by atoms with Crippen LogP contribution in [0.2, 0.25) is 0 Å². The van der Waals surface area contributed by atoms with Crippen molar-refractivity contribution in [2.45, 2.75) is 39.4 Å². The first-order valence-corrected chi connectivity index (χ1v) is 6.53. The number of pyridine rings is 1. The highest BCUT2D eigenvalue weighted by molar-refractivity contribution is 6.01. The first-order chi connectivity index (χ1) is 8.80. The number of morpholine rings is 1. The number of aromatic nitrogens is 1. The molecule has 1 fully saturated rings. The molecule has 0 spiro atoms. The van der Waals surface area contributed by atoms with Crippen molar-refractivity contribution in [2.75, 3.05) is 18.0 Å². The molecule has 0 bridgehead atoms. The number of ether oxygens (including phenoxy) is 1. The number of nitrogens with two attached hydrogens (primary N) is 1. The van der Waals surface area contributed by atoms with Crippen LogP contribution in [0.25, 0.3) is 0 Å². The summed E-state index contributed by atoms with van der Waals surface area (Å²) >= 11 is 0. The van der Waals surface area contributed by atoms with Crippen LogP contribution >= 0.6 is 0 Å². The highest BCUT2D eigenvalue weighted by Crippen LogP contribution is 2.28. The highest BCUT2D eigenvalue weighted by Gasteiger charge is 2.33. The van der Waals surface area contributed by atoms with Crippen molar-refractivity contribution in [2.24, 2.45) is 5.73 Å². The Kier molecular flexibility index (Phi) is 3.49. The van der Waals surface area contributed by atoms with Crippen molar-refractivity contribution in [3.8, 4) is 0 Å². The van der Waals surface area contributed by atoms with Gasteiger partial charge in [0.05, 0.1) is 17.3 Å². The summed E-state index contributed by atoms with van der Waals surface area (Å²) in [6.07, 6.45) is 1.90. The molecule has 5 nitrogen and oxygen atoms in total. The van der Waals surface area contributed by atoms with Gasteiger partial charge in [-0.1, -0.05) is 0 Å². The minimum atomic E-state index is -0.225. The maximum Gasteiger partial charge on any atom is 0.139 e. The lowest BCUT2D eigenvalue weighted by Gasteiger charge is -2.42. The van der Waals surface area contributed by atoms with E-state index in [0.29, 0.717) is 0 Å². The number of nitrogens with one attached hydrogen (secondary N) is 1. The molecular weight excluding hydrogens is 240 g/mol. The molecule has 1 aliphatic heterocycles. The van der Waals surface area contributed by atoms with Crippen molar-refractivity contribution in [3.05, 3.63) is 23.4 Å². The third-order valence-corrected chi connectivity index (χ3v) is 3.28. The van der Waals surface area contributed by atoms with Crippen LogP contribution in [0.5, 0.6) is 0 Å². The minimum Gasteiger partial charge on any atom is -0.384 e. The Bertz CT molecular complexity index is 498. The lowest BCUT2D eigenvalue weighted by Crippen LogP contribution is -2.52. The Morgan fingerprint density at radius 3 is 2.84 bits per heavy atom. The average molecular weight is 262 g/mol. The van der Waals surface area contributed by atoms with Gasteiger partial charge in [0.2, 0.25) is 0 Å². The zero-order valence-corrected chi connectivity index (χ0v) is 12.0. The van der Waals surface area contributed by atoms with E-state index in [-0.39, 0.29) is 17.5 Å². The normalized spacial score (nSPS) is 22.3. The van der Waals surface area contributed by atoms with E-state index in [1.54, 1.807) is 6.20 Å². The van der Waals surface area contributed by atoms with Crippen LogP contribution in [-0.4, -0.2) is 35.6 Å². The minimum absolute atomic E-state index is 0.0672. The standard InChI is InChI=1S/C14H22N4O/c1-9-5-6-17-13(11(9)12(15)16)18-7-10(2)19-14(3,4)8-18/h5-6,10H,7-8H2,1-4H3,(H3,15,16). The Hall–Kier alpha value is -1.62. The molecule has 1 aromatic heterocycles. The summed E-state index contributed by atoms with van der Waals surface area (Å²) in [4.78, 5) is 6.60. The van der Waals surface area contributed by atoms with Gasteiger partial charge in [0, 0.05) is 19.3 Å². The molecule has 0 aromatic carbocycles. The molecule has 19 heavy (non-hydrogen) atoms. The summed E-state index contributed by atoms with van der Waals surface area (Å²) in [7, 11) is 0. The molecule has 1 unspecified atom stereocenters. The summed E-state index contributed by atoms with van der Waals surface area (Å²) in [6, 6.07) is 1.88. The molecule has 5 heteroatoms. The molecule has 1 aromatic rings. The maximum absolute atomic E-state index is 7.76. The largest absolute Gasteiger partial charge is 0.384 e. The van der Waals surface area contributed by atoms with Crippen LogP contribution < -0.4 is 10.6 Å². The second kappa shape index (κ2) is 4.81. The molecule has 1 aliphatic rings. The number of aryl methyl sites for hydroxylation is 1. The summed E-state index contributed by atoms with van der Waals surface area (Å²) in [6.45, 7) is 9.65. The van der Waals surface area contributed by atoms with Crippen molar-refractivity contribution < 1.29 is 4.74 Å². The van der Waals surface area contributed by atoms with Gasteiger partial charge in [-0.15, -0.1) is 0 Å². The van der Waals surface area contributed by atoms with E-state index in [2.05, 4.69) is 30.7 Å². The molecule has 0 amide bonds. The van der Waals surface area contributed by atoms with Gasteiger partial charge in [0.25, 0.3) is 0 Å². The molecule has 2 rings (SSSR count). The molecular formula is C14H22N4O. The predicted octanol–water partition coefficient (Wildman–Crippen LogP) is 1.68. The maximum atomic E-state index is 7.76. The van der Waals surface area contributed by atoms with Gasteiger partial charge in [-0.3, -0.25) is 5.41 Å².